The van der Waals surface area contributed by atoms with Gasteiger partial charge < -0.3 is 9.64 Å². The topological polar surface area (TPSA) is 42.4 Å². The lowest BCUT2D eigenvalue weighted by Gasteiger charge is -2.39. The number of likely N-dealkylation sites (tertiary alicyclic amines) is 1. The summed E-state index contributed by atoms with van der Waals surface area (Å²) in [5.41, 5.74) is 2.71. The highest BCUT2D eigenvalue weighted by Crippen LogP contribution is 2.21. The third-order valence-corrected chi connectivity index (χ3v) is 3.68. The molecule has 1 aromatic heterocycles. The third-order valence-electron chi connectivity index (χ3n) is 3.68. The van der Waals surface area contributed by atoms with Crippen LogP contribution in [0.4, 0.5) is 0 Å². The smallest absolute Gasteiger partial charge is 0.254 e. The van der Waals surface area contributed by atoms with Crippen LogP contribution in [-0.4, -0.2) is 35.0 Å². The van der Waals surface area contributed by atoms with E-state index in [1.807, 2.05) is 55.1 Å². The normalized spacial score (nSPS) is 14.7. The summed E-state index contributed by atoms with van der Waals surface area (Å²) in [7, 11) is 0. The number of hydrogen-bond donors (Lipinski definition) is 0. The Kier molecular flexibility index (Phi) is 3.60. The summed E-state index contributed by atoms with van der Waals surface area (Å²) < 4.78 is 5.84. The Morgan fingerprint density at radius 3 is 2.71 bits per heavy atom. The highest BCUT2D eigenvalue weighted by Gasteiger charge is 2.33. The summed E-state index contributed by atoms with van der Waals surface area (Å²) in [4.78, 5) is 18.3. The molecule has 0 radical (unpaired) electrons. The van der Waals surface area contributed by atoms with Crippen LogP contribution in [0.2, 0.25) is 0 Å². The lowest BCUT2D eigenvalue weighted by molar-refractivity contribution is 0.0177. The molecule has 1 saturated heterocycles. The SMILES string of the molecule is Cc1cc(OC2CN(C(=O)c3ccccc3C)C2)ccn1. The second-order valence-electron chi connectivity index (χ2n) is 5.40. The van der Waals surface area contributed by atoms with Gasteiger partial charge in [0.15, 0.2) is 0 Å². The molecule has 1 aliphatic heterocycles. The van der Waals surface area contributed by atoms with Crippen LogP contribution in [0.1, 0.15) is 21.6 Å². The fourth-order valence-corrected chi connectivity index (χ4v) is 2.45. The summed E-state index contributed by atoms with van der Waals surface area (Å²) in [6, 6.07) is 11.4. The molecule has 3 rings (SSSR count). The van der Waals surface area contributed by atoms with Crippen LogP contribution in [0.3, 0.4) is 0 Å². The maximum atomic E-state index is 12.4. The molecule has 0 aliphatic carbocycles. The van der Waals surface area contributed by atoms with Crippen LogP contribution in [0.5, 0.6) is 5.75 Å². The van der Waals surface area contributed by atoms with Gasteiger partial charge >= 0.3 is 0 Å². The molecule has 1 aromatic carbocycles. The van der Waals surface area contributed by atoms with Gasteiger partial charge in [0.25, 0.3) is 5.91 Å². The molecular formula is C17H18N2O2. The zero-order valence-electron chi connectivity index (χ0n) is 12.2. The molecule has 4 nitrogen and oxygen atoms in total. The lowest BCUT2D eigenvalue weighted by Crippen LogP contribution is -2.56. The van der Waals surface area contributed by atoms with Crippen molar-refractivity contribution in [3.05, 3.63) is 59.4 Å². The monoisotopic (exact) mass is 282 g/mol. The van der Waals surface area contributed by atoms with Gasteiger partial charge in [-0.05, 0) is 31.5 Å². The number of aryl methyl sites for hydroxylation is 2. The average molecular weight is 282 g/mol. The first-order valence-electron chi connectivity index (χ1n) is 7.08. The van der Waals surface area contributed by atoms with E-state index in [4.69, 9.17) is 4.74 Å². The molecule has 21 heavy (non-hydrogen) atoms. The number of hydrogen-bond acceptors (Lipinski definition) is 3. The van der Waals surface area contributed by atoms with Gasteiger partial charge in [-0.15, -0.1) is 0 Å². The van der Waals surface area contributed by atoms with E-state index >= 15 is 0 Å². The summed E-state index contributed by atoms with van der Waals surface area (Å²) in [6.07, 6.45) is 1.80. The first-order chi connectivity index (χ1) is 10.1. The first-order valence-corrected chi connectivity index (χ1v) is 7.08. The molecule has 1 fully saturated rings. The minimum absolute atomic E-state index is 0.0692. The number of ether oxygens (including phenoxy) is 1. The van der Waals surface area contributed by atoms with Crippen LogP contribution in [-0.2, 0) is 0 Å². The van der Waals surface area contributed by atoms with Gasteiger partial charge in [-0.1, -0.05) is 18.2 Å². The van der Waals surface area contributed by atoms with Gasteiger partial charge in [0, 0.05) is 23.5 Å². The molecule has 1 aliphatic rings. The van der Waals surface area contributed by atoms with Gasteiger partial charge in [-0.25, -0.2) is 0 Å². The number of nitrogens with zero attached hydrogens (tertiary/aromatic N) is 2. The Morgan fingerprint density at radius 1 is 1.24 bits per heavy atom. The van der Waals surface area contributed by atoms with Crippen molar-refractivity contribution in [3.63, 3.8) is 0 Å². The van der Waals surface area contributed by atoms with E-state index < -0.39 is 0 Å². The number of amides is 1. The Labute approximate surface area is 124 Å². The predicted molar refractivity (Wildman–Crippen MR) is 80.5 cm³/mol. The molecule has 0 saturated carbocycles. The fourth-order valence-electron chi connectivity index (χ4n) is 2.45. The van der Waals surface area contributed by atoms with E-state index in [1.165, 1.54) is 0 Å². The lowest BCUT2D eigenvalue weighted by atomic mass is 10.0. The van der Waals surface area contributed by atoms with Crippen molar-refractivity contribution in [2.24, 2.45) is 0 Å². The minimum Gasteiger partial charge on any atom is -0.487 e. The van der Waals surface area contributed by atoms with E-state index in [0.29, 0.717) is 13.1 Å². The number of carbonyl (C=O) groups excluding carboxylic acids is 1. The molecule has 0 unspecified atom stereocenters. The van der Waals surface area contributed by atoms with Crippen LogP contribution < -0.4 is 4.74 Å². The maximum Gasteiger partial charge on any atom is 0.254 e. The summed E-state index contributed by atoms with van der Waals surface area (Å²) in [5.74, 6) is 0.898. The largest absolute Gasteiger partial charge is 0.487 e. The molecule has 0 atom stereocenters. The van der Waals surface area contributed by atoms with Crippen molar-refractivity contribution in [1.29, 1.82) is 0 Å². The van der Waals surface area contributed by atoms with E-state index in [9.17, 15) is 4.79 Å². The van der Waals surface area contributed by atoms with E-state index in [2.05, 4.69) is 4.98 Å². The van der Waals surface area contributed by atoms with Crippen molar-refractivity contribution >= 4 is 5.91 Å². The zero-order valence-corrected chi connectivity index (χ0v) is 12.2. The number of carbonyl (C=O) groups is 1. The molecule has 0 N–H and O–H groups in total. The second-order valence-corrected chi connectivity index (χ2v) is 5.40. The van der Waals surface area contributed by atoms with Gasteiger partial charge in [0.05, 0.1) is 13.1 Å². The van der Waals surface area contributed by atoms with Crippen molar-refractivity contribution in [2.75, 3.05) is 13.1 Å². The van der Waals surface area contributed by atoms with Crippen molar-refractivity contribution in [2.45, 2.75) is 20.0 Å². The van der Waals surface area contributed by atoms with Crippen molar-refractivity contribution in [1.82, 2.24) is 9.88 Å². The fraction of sp³-hybridized carbons (Fsp3) is 0.294. The van der Waals surface area contributed by atoms with Crippen LogP contribution >= 0.6 is 0 Å². The van der Waals surface area contributed by atoms with Crippen LogP contribution in [0.15, 0.2) is 42.6 Å². The number of aromatic nitrogens is 1. The van der Waals surface area contributed by atoms with Gasteiger partial charge in [0.1, 0.15) is 11.9 Å². The van der Waals surface area contributed by atoms with E-state index in [0.717, 1.165) is 22.6 Å². The highest BCUT2D eigenvalue weighted by molar-refractivity contribution is 5.96. The number of rotatable bonds is 3. The molecule has 4 heteroatoms. The van der Waals surface area contributed by atoms with Gasteiger partial charge in [0.2, 0.25) is 0 Å². The quantitative estimate of drug-likeness (QED) is 0.869. The average Bonchev–Trinajstić information content (AvgIpc) is 2.42. The third kappa shape index (κ3) is 2.89. The van der Waals surface area contributed by atoms with Gasteiger partial charge in [-0.2, -0.15) is 0 Å². The molecular weight excluding hydrogens is 264 g/mol. The van der Waals surface area contributed by atoms with Crippen molar-refractivity contribution in [3.8, 4) is 5.75 Å². The molecule has 0 spiro atoms. The van der Waals surface area contributed by atoms with Crippen molar-refractivity contribution < 1.29 is 9.53 Å². The summed E-state index contributed by atoms with van der Waals surface area (Å²) >= 11 is 0. The summed E-state index contributed by atoms with van der Waals surface area (Å²) in [5, 5.41) is 0. The highest BCUT2D eigenvalue weighted by atomic mass is 16.5. The Balaban J connectivity index is 1.59. The molecule has 1 amide bonds. The molecule has 2 heterocycles. The molecule has 108 valence electrons. The number of benzene rings is 1. The first kappa shape index (κ1) is 13.6. The Bertz CT molecular complexity index is 663. The standard InChI is InChI=1S/C17H18N2O2/c1-12-5-3-4-6-16(12)17(20)19-10-15(11-19)21-14-7-8-18-13(2)9-14/h3-9,15H,10-11H2,1-2H3. The Hall–Kier alpha value is -2.36. The minimum atomic E-state index is 0.0692. The van der Waals surface area contributed by atoms with Gasteiger partial charge in [-0.3, -0.25) is 9.78 Å². The van der Waals surface area contributed by atoms with Crippen LogP contribution in [0.25, 0.3) is 0 Å². The van der Waals surface area contributed by atoms with E-state index in [1.54, 1.807) is 6.20 Å². The maximum absolute atomic E-state index is 12.4. The van der Waals surface area contributed by atoms with E-state index in [-0.39, 0.29) is 12.0 Å². The molecule has 0 bridgehead atoms. The van der Waals surface area contributed by atoms with Crippen LogP contribution in [0, 0.1) is 13.8 Å². The molecule has 2 aromatic rings. The second kappa shape index (κ2) is 5.56. The summed E-state index contributed by atoms with van der Waals surface area (Å²) in [6.45, 7) is 5.16. The predicted octanol–water partition coefficient (Wildman–Crippen LogP) is 2.60. The Morgan fingerprint density at radius 2 is 2.00 bits per heavy atom. The zero-order chi connectivity index (χ0) is 14.8. The number of pyridine rings is 1.